The maximum atomic E-state index is 15.7. The number of hydrogen-bond acceptors (Lipinski definition) is 5. The van der Waals surface area contributed by atoms with Gasteiger partial charge in [0.05, 0.1) is 41.3 Å². The summed E-state index contributed by atoms with van der Waals surface area (Å²) in [5.74, 6) is -1.62. The van der Waals surface area contributed by atoms with Crippen LogP contribution in [-0.2, 0) is 13.2 Å². The molecule has 0 bridgehead atoms. The Morgan fingerprint density at radius 1 is 1.18 bits per heavy atom. The molecule has 0 atom stereocenters. The summed E-state index contributed by atoms with van der Waals surface area (Å²) in [6.07, 6.45) is 5.82. The standard InChI is InChI=1S/C27H26FN5O5/c1-15(35)23-10-21(24-9-16(5-6-32(23)24)12-31(2)27(37)38)26(36)30-22-8-17(14-34)7-20(25(22)28)18-11-29-33(13-18)19-3-4-19/h5-11,13,19,34H,3-4,12,14H2,1-2H3,(H,30,36)(H,37,38). The highest BCUT2D eigenvalue weighted by molar-refractivity contribution is 6.11. The van der Waals surface area contributed by atoms with Crippen LogP contribution in [0.3, 0.4) is 0 Å². The molecule has 11 heteroatoms. The molecule has 3 N–H and O–H groups in total. The van der Waals surface area contributed by atoms with Gasteiger partial charge in [0.15, 0.2) is 11.6 Å². The summed E-state index contributed by atoms with van der Waals surface area (Å²) < 4.78 is 19.0. The number of pyridine rings is 1. The number of halogens is 1. The second-order valence-electron chi connectivity index (χ2n) is 9.49. The Balaban J connectivity index is 1.52. The molecule has 38 heavy (non-hydrogen) atoms. The molecule has 1 fully saturated rings. The van der Waals surface area contributed by atoms with Crippen LogP contribution in [0.4, 0.5) is 14.9 Å². The van der Waals surface area contributed by atoms with Crippen molar-refractivity contribution >= 4 is 29.0 Å². The average Bonchev–Trinajstić information content (AvgIpc) is 3.49. The number of nitrogens with one attached hydrogen (secondary N) is 1. The summed E-state index contributed by atoms with van der Waals surface area (Å²) in [7, 11) is 1.42. The molecule has 1 aliphatic rings. The Hall–Kier alpha value is -4.51. The van der Waals surface area contributed by atoms with Crippen molar-refractivity contribution in [2.75, 3.05) is 12.4 Å². The van der Waals surface area contributed by atoms with Crippen molar-refractivity contribution in [1.82, 2.24) is 19.1 Å². The number of amides is 2. The van der Waals surface area contributed by atoms with Gasteiger partial charge in [0.25, 0.3) is 5.91 Å². The van der Waals surface area contributed by atoms with E-state index in [1.54, 1.807) is 39.8 Å². The number of hydrogen-bond donors (Lipinski definition) is 3. The molecule has 0 saturated heterocycles. The van der Waals surface area contributed by atoms with Gasteiger partial charge >= 0.3 is 6.09 Å². The normalized spacial score (nSPS) is 13.1. The number of benzene rings is 1. The minimum absolute atomic E-state index is 0.0680. The number of nitrogens with zero attached hydrogens (tertiary/aromatic N) is 4. The largest absolute Gasteiger partial charge is 0.465 e. The molecule has 0 aliphatic heterocycles. The molecule has 1 aromatic carbocycles. The van der Waals surface area contributed by atoms with Crippen LogP contribution in [-0.4, -0.2) is 54.1 Å². The van der Waals surface area contributed by atoms with Crippen molar-refractivity contribution in [3.8, 4) is 11.1 Å². The molecule has 3 heterocycles. The molecule has 1 saturated carbocycles. The molecule has 3 aromatic heterocycles. The van der Waals surface area contributed by atoms with Crippen LogP contribution in [0.1, 0.15) is 57.8 Å². The third-order valence-electron chi connectivity index (χ3n) is 6.58. The highest BCUT2D eigenvalue weighted by Gasteiger charge is 2.26. The number of carbonyl (C=O) groups excluding carboxylic acids is 2. The number of aliphatic hydroxyl groups excluding tert-OH is 1. The van der Waals surface area contributed by atoms with Crippen LogP contribution in [0, 0.1) is 5.82 Å². The number of carbonyl (C=O) groups is 3. The van der Waals surface area contributed by atoms with Crippen LogP contribution < -0.4 is 5.32 Å². The van der Waals surface area contributed by atoms with Crippen LogP contribution in [0.5, 0.6) is 0 Å². The smallest absolute Gasteiger partial charge is 0.407 e. The van der Waals surface area contributed by atoms with Gasteiger partial charge in [-0.1, -0.05) is 0 Å². The first kappa shape index (κ1) is 25.2. The SMILES string of the molecule is CC(=O)c1cc(C(=O)Nc2cc(CO)cc(-c3cnn(C4CC4)c3)c2F)c2cc(CN(C)C(=O)O)ccn12. The number of fused-ring (bicyclic) bond motifs is 1. The van der Waals surface area contributed by atoms with Gasteiger partial charge in [-0.05, 0) is 54.3 Å². The number of aromatic nitrogens is 3. The molecular weight excluding hydrogens is 493 g/mol. The Bertz CT molecular complexity index is 1590. The maximum absolute atomic E-state index is 15.7. The number of Topliss-reactive ketones (excluding diaryl/α,β-unsaturated/α-hetero) is 1. The molecule has 196 valence electrons. The maximum Gasteiger partial charge on any atom is 0.407 e. The van der Waals surface area contributed by atoms with Gasteiger partial charge in [-0.25, -0.2) is 9.18 Å². The third kappa shape index (κ3) is 4.75. The average molecular weight is 520 g/mol. The van der Waals surface area contributed by atoms with Crippen molar-refractivity contribution in [3.05, 3.63) is 77.1 Å². The molecule has 1 aliphatic carbocycles. The van der Waals surface area contributed by atoms with Gasteiger partial charge in [-0.3, -0.25) is 14.3 Å². The Morgan fingerprint density at radius 2 is 1.95 bits per heavy atom. The summed E-state index contributed by atoms with van der Waals surface area (Å²) in [5.41, 5.74) is 2.35. The molecule has 0 unspecified atom stereocenters. The van der Waals surface area contributed by atoms with Crippen molar-refractivity contribution in [2.24, 2.45) is 0 Å². The first-order chi connectivity index (χ1) is 18.2. The third-order valence-corrected chi connectivity index (χ3v) is 6.58. The van der Waals surface area contributed by atoms with Gasteiger partial charge in [0.1, 0.15) is 0 Å². The van der Waals surface area contributed by atoms with E-state index < -0.39 is 17.8 Å². The Morgan fingerprint density at radius 3 is 2.61 bits per heavy atom. The van der Waals surface area contributed by atoms with E-state index in [4.69, 9.17) is 0 Å². The van der Waals surface area contributed by atoms with Crippen molar-refractivity contribution in [3.63, 3.8) is 0 Å². The van der Waals surface area contributed by atoms with Crippen LogP contribution in [0.2, 0.25) is 0 Å². The predicted molar refractivity (Wildman–Crippen MR) is 137 cm³/mol. The lowest BCUT2D eigenvalue weighted by molar-refractivity contribution is 0.101. The lowest BCUT2D eigenvalue weighted by Crippen LogP contribution is -2.24. The van der Waals surface area contributed by atoms with E-state index in [1.807, 2.05) is 0 Å². The zero-order chi connectivity index (χ0) is 27.1. The first-order valence-electron chi connectivity index (χ1n) is 12.0. The zero-order valence-electron chi connectivity index (χ0n) is 20.8. The fourth-order valence-corrected chi connectivity index (χ4v) is 4.42. The molecule has 2 amide bonds. The van der Waals surface area contributed by atoms with E-state index in [0.29, 0.717) is 28.2 Å². The highest BCUT2D eigenvalue weighted by Crippen LogP contribution is 2.36. The number of carboxylic acid groups (broad SMARTS) is 1. The van der Waals surface area contributed by atoms with Gasteiger partial charge in [0, 0.05) is 44.0 Å². The lowest BCUT2D eigenvalue weighted by Gasteiger charge is -2.14. The number of ketones is 1. The molecule has 5 rings (SSSR count). The van der Waals surface area contributed by atoms with Crippen molar-refractivity contribution in [1.29, 1.82) is 0 Å². The van der Waals surface area contributed by atoms with E-state index >= 15 is 4.39 Å². The minimum Gasteiger partial charge on any atom is -0.465 e. The zero-order valence-corrected chi connectivity index (χ0v) is 20.8. The fourth-order valence-electron chi connectivity index (χ4n) is 4.42. The monoisotopic (exact) mass is 519 g/mol. The molecular formula is C27H26FN5O5. The van der Waals surface area contributed by atoms with Crippen LogP contribution in [0.25, 0.3) is 16.6 Å². The second kappa shape index (κ2) is 9.75. The van der Waals surface area contributed by atoms with E-state index in [2.05, 4.69) is 10.4 Å². The lowest BCUT2D eigenvalue weighted by atomic mass is 10.0. The predicted octanol–water partition coefficient (Wildman–Crippen LogP) is 4.33. The first-order valence-corrected chi connectivity index (χ1v) is 12.0. The second-order valence-corrected chi connectivity index (χ2v) is 9.49. The van der Waals surface area contributed by atoms with Crippen molar-refractivity contribution < 1.29 is 29.0 Å². The van der Waals surface area contributed by atoms with E-state index in [1.165, 1.54) is 32.2 Å². The Labute approximate surface area is 216 Å². The van der Waals surface area contributed by atoms with Gasteiger partial charge in [0.2, 0.25) is 0 Å². The molecule has 10 nitrogen and oxygen atoms in total. The van der Waals surface area contributed by atoms with Crippen molar-refractivity contribution in [2.45, 2.75) is 39.0 Å². The summed E-state index contributed by atoms with van der Waals surface area (Å²) in [4.78, 5) is 38.0. The quantitative estimate of drug-likeness (QED) is 0.297. The van der Waals surface area contributed by atoms with Gasteiger partial charge < -0.3 is 24.8 Å². The number of rotatable bonds is 8. The molecule has 4 aromatic rings. The summed E-state index contributed by atoms with van der Waals surface area (Å²) in [5, 5.41) is 25.9. The Kier molecular flexibility index (Phi) is 6.45. The van der Waals surface area contributed by atoms with Crippen LogP contribution in [0.15, 0.2) is 48.9 Å². The van der Waals surface area contributed by atoms with Gasteiger partial charge in [-0.15, -0.1) is 0 Å². The number of aliphatic hydroxyl groups is 1. The summed E-state index contributed by atoms with van der Waals surface area (Å²) in [6.45, 7) is 1.07. The van der Waals surface area contributed by atoms with Gasteiger partial charge in [-0.2, -0.15) is 5.10 Å². The molecule has 0 spiro atoms. The molecule has 0 radical (unpaired) electrons. The number of anilines is 1. The summed E-state index contributed by atoms with van der Waals surface area (Å²) >= 11 is 0. The van der Waals surface area contributed by atoms with E-state index in [9.17, 15) is 24.6 Å². The topological polar surface area (TPSA) is 129 Å². The summed E-state index contributed by atoms with van der Waals surface area (Å²) in [6, 6.07) is 7.90. The van der Waals surface area contributed by atoms with E-state index in [-0.39, 0.29) is 41.4 Å². The van der Waals surface area contributed by atoms with E-state index in [0.717, 1.165) is 17.7 Å². The minimum atomic E-state index is -1.11. The van der Waals surface area contributed by atoms with Crippen LogP contribution >= 0.6 is 0 Å². The fraction of sp³-hybridized carbons (Fsp3) is 0.259. The highest BCUT2D eigenvalue weighted by atomic mass is 19.1.